The molecule has 1 aromatic heterocycles. The van der Waals surface area contributed by atoms with Crippen LogP contribution in [0, 0.1) is 5.82 Å². The molecule has 3 N–H and O–H groups in total. The normalized spacial score (nSPS) is 16.8. The zero-order valence-electron chi connectivity index (χ0n) is 12.7. The highest BCUT2D eigenvalue weighted by Gasteiger charge is 2.34. The summed E-state index contributed by atoms with van der Waals surface area (Å²) < 4.78 is 51.4. The number of anilines is 1. The number of amides is 1. The zero-order chi connectivity index (χ0) is 17.5. The van der Waals surface area contributed by atoms with Crippen molar-refractivity contribution in [3.63, 3.8) is 0 Å². The minimum absolute atomic E-state index is 0. The van der Waals surface area contributed by atoms with Crippen molar-refractivity contribution in [3.8, 4) is 0 Å². The fourth-order valence-electron chi connectivity index (χ4n) is 2.51. The summed E-state index contributed by atoms with van der Waals surface area (Å²) in [6.45, 7) is 0. The molecule has 25 heavy (non-hydrogen) atoms. The van der Waals surface area contributed by atoms with E-state index in [1.54, 1.807) is 0 Å². The first-order chi connectivity index (χ1) is 11.2. The lowest BCUT2D eigenvalue weighted by atomic mass is 9.99. The third-order valence-electron chi connectivity index (χ3n) is 3.73. The van der Waals surface area contributed by atoms with Crippen molar-refractivity contribution in [3.05, 3.63) is 45.7 Å². The van der Waals surface area contributed by atoms with E-state index in [-0.39, 0.29) is 24.0 Å². The predicted molar refractivity (Wildman–Crippen MR) is 88.7 cm³/mol. The lowest BCUT2D eigenvalue weighted by Gasteiger charge is -2.15. The van der Waals surface area contributed by atoms with Crippen LogP contribution >= 0.6 is 23.7 Å². The van der Waals surface area contributed by atoms with E-state index in [1.807, 2.05) is 0 Å². The summed E-state index contributed by atoms with van der Waals surface area (Å²) >= 11 is 1.26. The Bertz CT molecular complexity index is 794. The van der Waals surface area contributed by atoms with Gasteiger partial charge in [-0.1, -0.05) is 0 Å². The first-order valence-electron chi connectivity index (χ1n) is 7.16. The Hall–Kier alpha value is -1.71. The molecule has 0 radical (unpaired) electrons. The number of hydrogen-bond donors (Lipinski definition) is 2. The van der Waals surface area contributed by atoms with Crippen molar-refractivity contribution in [2.75, 3.05) is 5.32 Å². The highest BCUT2D eigenvalue weighted by atomic mass is 35.5. The number of thiazole rings is 1. The number of alkyl halides is 3. The van der Waals surface area contributed by atoms with Gasteiger partial charge in [-0.2, -0.15) is 13.2 Å². The second kappa shape index (κ2) is 7.27. The molecule has 1 heterocycles. The molecule has 136 valence electrons. The number of rotatable bonds is 2. The van der Waals surface area contributed by atoms with Gasteiger partial charge < -0.3 is 5.73 Å². The van der Waals surface area contributed by atoms with Crippen LogP contribution in [0.25, 0.3) is 0 Å². The standard InChI is InChI=1S/C15H13F4N3OS.ClH/c16-10-3-1-7(5-9(10)15(17,18)19)13(23)22-14-21-11-4-2-8(20)6-12(11)24-14;/h1,3,5,8H,2,4,6,20H2,(H,21,22,23);1H/t8-;/m0./s1. The van der Waals surface area contributed by atoms with Gasteiger partial charge in [0.2, 0.25) is 0 Å². The molecule has 2 aromatic rings. The summed E-state index contributed by atoms with van der Waals surface area (Å²) in [5.74, 6) is -2.19. The van der Waals surface area contributed by atoms with Gasteiger partial charge in [0.15, 0.2) is 5.13 Å². The SMILES string of the molecule is Cl.N[C@H]1CCc2nc(NC(=O)c3ccc(F)c(C(F)(F)F)c3)sc2C1. The number of nitrogens with zero attached hydrogens (tertiary/aromatic N) is 1. The Morgan fingerprint density at radius 1 is 1.36 bits per heavy atom. The van der Waals surface area contributed by atoms with E-state index in [2.05, 4.69) is 10.3 Å². The lowest BCUT2D eigenvalue weighted by Crippen LogP contribution is -2.27. The number of aryl methyl sites for hydroxylation is 1. The summed E-state index contributed by atoms with van der Waals surface area (Å²) in [7, 11) is 0. The lowest BCUT2D eigenvalue weighted by molar-refractivity contribution is -0.140. The van der Waals surface area contributed by atoms with Crippen LogP contribution in [-0.2, 0) is 19.0 Å². The van der Waals surface area contributed by atoms with Crippen molar-refractivity contribution in [2.45, 2.75) is 31.5 Å². The van der Waals surface area contributed by atoms with Crippen LogP contribution in [0.4, 0.5) is 22.7 Å². The topological polar surface area (TPSA) is 68.0 Å². The molecule has 0 bridgehead atoms. The van der Waals surface area contributed by atoms with Crippen molar-refractivity contribution in [1.29, 1.82) is 0 Å². The van der Waals surface area contributed by atoms with E-state index >= 15 is 0 Å². The van der Waals surface area contributed by atoms with Gasteiger partial charge in [-0.15, -0.1) is 23.7 Å². The molecule has 0 fully saturated rings. The van der Waals surface area contributed by atoms with Crippen LogP contribution in [0.2, 0.25) is 0 Å². The summed E-state index contributed by atoms with van der Waals surface area (Å²) in [6, 6.07) is 2.18. The number of nitrogens with one attached hydrogen (secondary N) is 1. The van der Waals surface area contributed by atoms with Crippen LogP contribution in [-0.4, -0.2) is 16.9 Å². The molecule has 1 atom stereocenters. The molecule has 1 aliphatic carbocycles. The Kier molecular flexibility index (Phi) is 5.70. The smallest absolute Gasteiger partial charge is 0.327 e. The highest BCUT2D eigenvalue weighted by Crippen LogP contribution is 2.33. The van der Waals surface area contributed by atoms with E-state index < -0.39 is 23.5 Å². The van der Waals surface area contributed by atoms with Crippen LogP contribution < -0.4 is 11.1 Å². The third-order valence-corrected chi connectivity index (χ3v) is 4.77. The third kappa shape index (κ3) is 4.28. The first-order valence-corrected chi connectivity index (χ1v) is 7.98. The van der Waals surface area contributed by atoms with Gasteiger partial charge in [-0.25, -0.2) is 9.37 Å². The predicted octanol–water partition coefficient (Wildman–Crippen LogP) is 3.79. The molecule has 0 unspecified atom stereocenters. The number of carbonyl (C=O) groups is 1. The second-order valence-electron chi connectivity index (χ2n) is 5.54. The largest absolute Gasteiger partial charge is 0.419 e. The molecule has 3 rings (SSSR count). The number of benzene rings is 1. The number of halogens is 5. The number of hydrogen-bond acceptors (Lipinski definition) is 4. The fraction of sp³-hybridized carbons (Fsp3) is 0.333. The van der Waals surface area contributed by atoms with Crippen molar-refractivity contribution in [2.24, 2.45) is 5.73 Å². The molecule has 4 nitrogen and oxygen atoms in total. The van der Waals surface area contributed by atoms with Crippen LogP contribution in [0.1, 0.15) is 32.9 Å². The summed E-state index contributed by atoms with van der Waals surface area (Å²) in [5.41, 5.74) is 4.97. The van der Waals surface area contributed by atoms with Gasteiger partial charge in [0, 0.05) is 16.5 Å². The van der Waals surface area contributed by atoms with Crippen molar-refractivity contribution < 1.29 is 22.4 Å². The monoisotopic (exact) mass is 395 g/mol. The Morgan fingerprint density at radius 2 is 2.08 bits per heavy atom. The minimum Gasteiger partial charge on any atom is -0.327 e. The molecule has 1 amide bonds. The van der Waals surface area contributed by atoms with Crippen LogP contribution in [0.5, 0.6) is 0 Å². The number of carbonyl (C=O) groups excluding carboxylic acids is 1. The van der Waals surface area contributed by atoms with Gasteiger partial charge in [-0.3, -0.25) is 10.1 Å². The van der Waals surface area contributed by atoms with Gasteiger partial charge in [0.25, 0.3) is 5.91 Å². The maximum Gasteiger partial charge on any atom is 0.419 e. The quantitative estimate of drug-likeness (QED) is 0.760. The minimum atomic E-state index is -4.86. The molecule has 10 heteroatoms. The summed E-state index contributed by atoms with van der Waals surface area (Å²) in [4.78, 5) is 17.4. The molecular formula is C15H14ClF4N3OS. The van der Waals surface area contributed by atoms with E-state index in [4.69, 9.17) is 5.73 Å². The van der Waals surface area contributed by atoms with E-state index in [0.717, 1.165) is 23.1 Å². The van der Waals surface area contributed by atoms with E-state index in [0.29, 0.717) is 30.1 Å². The van der Waals surface area contributed by atoms with E-state index in [1.165, 1.54) is 11.3 Å². The first kappa shape index (κ1) is 19.6. The molecule has 1 aromatic carbocycles. The van der Waals surface area contributed by atoms with Gasteiger partial charge in [0.1, 0.15) is 5.82 Å². The maximum absolute atomic E-state index is 13.3. The van der Waals surface area contributed by atoms with Crippen LogP contribution in [0.15, 0.2) is 18.2 Å². The molecule has 0 saturated carbocycles. The Labute approximate surface area is 150 Å². The fourth-order valence-corrected chi connectivity index (χ4v) is 3.60. The number of aromatic nitrogens is 1. The molecular weight excluding hydrogens is 382 g/mol. The summed E-state index contributed by atoms with van der Waals surface area (Å²) in [5, 5.41) is 2.77. The van der Waals surface area contributed by atoms with Crippen molar-refractivity contribution in [1.82, 2.24) is 4.98 Å². The van der Waals surface area contributed by atoms with Gasteiger partial charge in [0.05, 0.1) is 11.3 Å². The molecule has 0 aliphatic heterocycles. The van der Waals surface area contributed by atoms with Crippen molar-refractivity contribution >= 4 is 34.8 Å². The zero-order valence-corrected chi connectivity index (χ0v) is 14.3. The second-order valence-corrected chi connectivity index (χ2v) is 6.62. The average molecular weight is 396 g/mol. The summed E-state index contributed by atoms with van der Waals surface area (Å²) in [6.07, 6.45) is -2.69. The average Bonchev–Trinajstić information content (AvgIpc) is 2.87. The maximum atomic E-state index is 13.3. The number of nitrogens with two attached hydrogens (primary N) is 1. The van der Waals surface area contributed by atoms with E-state index in [9.17, 15) is 22.4 Å². The Balaban J connectivity index is 0.00000225. The molecule has 1 aliphatic rings. The van der Waals surface area contributed by atoms with Crippen LogP contribution in [0.3, 0.4) is 0 Å². The Morgan fingerprint density at radius 3 is 2.76 bits per heavy atom. The highest BCUT2D eigenvalue weighted by molar-refractivity contribution is 7.15. The molecule has 0 saturated heterocycles. The molecule has 0 spiro atoms. The van der Waals surface area contributed by atoms with Gasteiger partial charge in [-0.05, 0) is 37.5 Å². The van der Waals surface area contributed by atoms with Gasteiger partial charge >= 0.3 is 6.18 Å². The number of fused-ring (bicyclic) bond motifs is 1.